The van der Waals surface area contributed by atoms with Crippen molar-refractivity contribution in [1.29, 1.82) is 0 Å². The largest absolute Gasteiger partial charge is 0.345 e. The van der Waals surface area contributed by atoms with Crippen molar-refractivity contribution in [3.8, 4) is 0 Å². The van der Waals surface area contributed by atoms with E-state index in [0.717, 1.165) is 19.5 Å². The van der Waals surface area contributed by atoms with Crippen LogP contribution in [-0.2, 0) is 9.59 Å². The fourth-order valence-corrected chi connectivity index (χ4v) is 3.41. The monoisotopic (exact) mass is 267 g/mol. The van der Waals surface area contributed by atoms with E-state index < -0.39 is 0 Å². The van der Waals surface area contributed by atoms with Gasteiger partial charge in [0, 0.05) is 12.6 Å². The van der Waals surface area contributed by atoms with Gasteiger partial charge in [-0.15, -0.1) is 0 Å². The number of likely N-dealkylation sites (tertiary alicyclic amines) is 1. The number of amides is 2. The summed E-state index contributed by atoms with van der Waals surface area (Å²) in [6.07, 6.45) is 0.958. The summed E-state index contributed by atoms with van der Waals surface area (Å²) >= 11 is 0. The van der Waals surface area contributed by atoms with Crippen LogP contribution < -0.4 is 5.32 Å². The van der Waals surface area contributed by atoms with E-state index in [0.29, 0.717) is 5.92 Å². The van der Waals surface area contributed by atoms with Gasteiger partial charge < -0.3 is 15.1 Å². The molecule has 2 rings (SSSR count). The highest BCUT2D eigenvalue weighted by Gasteiger charge is 2.43. The molecule has 108 valence electrons. The Morgan fingerprint density at radius 3 is 2.58 bits per heavy atom. The van der Waals surface area contributed by atoms with Gasteiger partial charge in [-0.2, -0.15) is 0 Å². The molecule has 0 bridgehead atoms. The molecule has 0 aromatic carbocycles. The summed E-state index contributed by atoms with van der Waals surface area (Å²) in [6.45, 7) is 8.33. The molecule has 3 atom stereocenters. The van der Waals surface area contributed by atoms with E-state index in [4.69, 9.17) is 0 Å². The summed E-state index contributed by atoms with van der Waals surface area (Å²) in [5.74, 6) is 0.631. The van der Waals surface area contributed by atoms with E-state index in [-0.39, 0.29) is 36.4 Å². The van der Waals surface area contributed by atoms with Crippen LogP contribution in [0.4, 0.5) is 0 Å². The number of piperazine rings is 1. The van der Waals surface area contributed by atoms with Gasteiger partial charge in [-0.1, -0.05) is 20.8 Å². The molecule has 2 aliphatic heterocycles. The van der Waals surface area contributed by atoms with Gasteiger partial charge in [-0.05, 0) is 31.8 Å². The van der Waals surface area contributed by atoms with Crippen LogP contribution in [0, 0.1) is 11.8 Å². The predicted molar refractivity (Wildman–Crippen MR) is 73.5 cm³/mol. The van der Waals surface area contributed by atoms with Crippen LogP contribution in [0.1, 0.15) is 27.2 Å². The van der Waals surface area contributed by atoms with E-state index in [1.807, 2.05) is 18.7 Å². The number of piperidine rings is 1. The van der Waals surface area contributed by atoms with E-state index in [1.54, 1.807) is 0 Å². The lowest BCUT2D eigenvalue weighted by Gasteiger charge is -2.47. The smallest absolute Gasteiger partial charge is 0.243 e. The van der Waals surface area contributed by atoms with Crippen molar-refractivity contribution in [1.82, 2.24) is 15.1 Å². The lowest BCUT2D eigenvalue weighted by molar-refractivity contribution is -0.153. The average molecular weight is 267 g/mol. The zero-order chi connectivity index (χ0) is 14.2. The Morgan fingerprint density at radius 1 is 1.32 bits per heavy atom. The topological polar surface area (TPSA) is 52.7 Å². The van der Waals surface area contributed by atoms with E-state index in [2.05, 4.69) is 24.2 Å². The molecule has 2 saturated heterocycles. The minimum Gasteiger partial charge on any atom is -0.345 e. The van der Waals surface area contributed by atoms with Crippen LogP contribution in [0.3, 0.4) is 0 Å². The van der Waals surface area contributed by atoms with Crippen molar-refractivity contribution < 1.29 is 9.59 Å². The molecule has 0 radical (unpaired) electrons. The van der Waals surface area contributed by atoms with Crippen molar-refractivity contribution in [2.75, 3.05) is 26.7 Å². The van der Waals surface area contributed by atoms with Crippen LogP contribution in [0.15, 0.2) is 0 Å². The van der Waals surface area contributed by atoms with Crippen molar-refractivity contribution >= 4 is 11.8 Å². The first-order valence-electron chi connectivity index (χ1n) is 7.19. The summed E-state index contributed by atoms with van der Waals surface area (Å²) in [5, 5.41) is 2.72. The van der Waals surface area contributed by atoms with E-state index in [1.165, 1.54) is 0 Å². The first-order valence-corrected chi connectivity index (χ1v) is 7.19. The number of nitrogens with zero attached hydrogens (tertiary/aromatic N) is 2. The molecule has 0 aliphatic carbocycles. The summed E-state index contributed by atoms with van der Waals surface area (Å²) < 4.78 is 0. The minimum atomic E-state index is -0.308. The van der Waals surface area contributed by atoms with Crippen LogP contribution in [0.5, 0.6) is 0 Å². The molecule has 5 nitrogen and oxygen atoms in total. The third-order valence-electron chi connectivity index (χ3n) is 4.32. The Labute approximate surface area is 115 Å². The molecular weight excluding hydrogens is 242 g/mol. The zero-order valence-electron chi connectivity index (χ0n) is 12.3. The fourth-order valence-electron chi connectivity index (χ4n) is 3.41. The van der Waals surface area contributed by atoms with Gasteiger partial charge >= 0.3 is 0 Å². The molecule has 2 aliphatic rings. The summed E-state index contributed by atoms with van der Waals surface area (Å²) in [6, 6.07) is -0.112. The van der Waals surface area contributed by atoms with Crippen molar-refractivity contribution in [3.63, 3.8) is 0 Å². The molecule has 0 aromatic heterocycles. The predicted octanol–water partition coefficient (Wildman–Crippen LogP) is 0.310. The van der Waals surface area contributed by atoms with Crippen LogP contribution in [0.2, 0.25) is 0 Å². The lowest BCUT2D eigenvalue weighted by Crippen LogP contribution is -2.65. The van der Waals surface area contributed by atoms with Crippen LogP contribution >= 0.6 is 0 Å². The zero-order valence-corrected chi connectivity index (χ0v) is 12.3. The standard InChI is InChI=1S/C14H25N3O2/c1-9(2)13-14(19)15-7-12(18)17(13)11-5-6-16(4)8-10(11)3/h9-11,13H,5-8H2,1-4H3,(H,15,19). The highest BCUT2D eigenvalue weighted by molar-refractivity contribution is 5.95. The molecule has 0 saturated carbocycles. The third kappa shape index (κ3) is 2.76. The SMILES string of the molecule is CC(C)C1C(=O)NCC(=O)N1C1CCN(C)CC1C. The van der Waals surface area contributed by atoms with Crippen LogP contribution in [-0.4, -0.2) is 60.4 Å². The second-order valence-corrected chi connectivity index (χ2v) is 6.30. The molecule has 3 unspecified atom stereocenters. The minimum absolute atomic E-state index is 0.000674. The highest BCUT2D eigenvalue weighted by atomic mass is 16.2. The molecule has 0 aromatic rings. The second kappa shape index (κ2) is 5.49. The average Bonchev–Trinajstić information content (AvgIpc) is 2.32. The number of hydrogen-bond acceptors (Lipinski definition) is 3. The summed E-state index contributed by atoms with van der Waals surface area (Å²) in [7, 11) is 2.11. The fraction of sp³-hybridized carbons (Fsp3) is 0.857. The molecular formula is C14H25N3O2. The third-order valence-corrected chi connectivity index (χ3v) is 4.32. The Kier molecular flexibility index (Phi) is 4.13. The Bertz CT molecular complexity index is 370. The molecule has 19 heavy (non-hydrogen) atoms. The van der Waals surface area contributed by atoms with Crippen molar-refractivity contribution in [3.05, 3.63) is 0 Å². The first kappa shape index (κ1) is 14.3. The molecule has 1 N–H and O–H groups in total. The Balaban J connectivity index is 2.22. The molecule has 2 amide bonds. The number of nitrogens with one attached hydrogen (secondary N) is 1. The summed E-state index contributed by atoms with van der Waals surface area (Å²) in [5.41, 5.74) is 0. The van der Waals surface area contributed by atoms with Gasteiger partial charge in [0.2, 0.25) is 11.8 Å². The van der Waals surface area contributed by atoms with E-state index >= 15 is 0 Å². The van der Waals surface area contributed by atoms with Crippen molar-refractivity contribution in [2.45, 2.75) is 39.3 Å². The van der Waals surface area contributed by atoms with Gasteiger partial charge in [-0.25, -0.2) is 0 Å². The quantitative estimate of drug-likeness (QED) is 0.783. The first-order chi connectivity index (χ1) is 8.91. The van der Waals surface area contributed by atoms with Gasteiger partial charge in [0.1, 0.15) is 6.04 Å². The number of rotatable bonds is 2. The Hall–Kier alpha value is -1.10. The van der Waals surface area contributed by atoms with Gasteiger partial charge in [-0.3, -0.25) is 9.59 Å². The molecule has 2 fully saturated rings. The molecule has 5 heteroatoms. The van der Waals surface area contributed by atoms with Gasteiger partial charge in [0.15, 0.2) is 0 Å². The molecule has 0 spiro atoms. The number of hydrogen-bond donors (Lipinski definition) is 1. The van der Waals surface area contributed by atoms with E-state index in [9.17, 15) is 9.59 Å². The van der Waals surface area contributed by atoms with Gasteiger partial charge in [0.05, 0.1) is 6.54 Å². The Morgan fingerprint density at radius 2 is 2.00 bits per heavy atom. The number of carbonyl (C=O) groups excluding carboxylic acids is 2. The van der Waals surface area contributed by atoms with Gasteiger partial charge in [0.25, 0.3) is 0 Å². The molecule has 2 heterocycles. The lowest BCUT2D eigenvalue weighted by atomic mass is 9.88. The second-order valence-electron chi connectivity index (χ2n) is 6.30. The van der Waals surface area contributed by atoms with Crippen LogP contribution in [0.25, 0.3) is 0 Å². The maximum atomic E-state index is 12.3. The number of carbonyl (C=O) groups is 2. The highest BCUT2D eigenvalue weighted by Crippen LogP contribution is 2.27. The normalized spacial score (nSPS) is 33.7. The maximum Gasteiger partial charge on any atom is 0.243 e. The van der Waals surface area contributed by atoms with Crippen molar-refractivity contribution in [2.24, 2.45) is 11.8 Å². The summed E-state index contributed by atoms with van der Waals surface area (Å²) in [4.78, 5) is 28.5. The maximum absolute atomic E-state index is 12.3.